The third kappa shape index (κ3) is 4.69. The van der Waals surface area contributed by atoms with Crippen LogP contribution in [0.15, 0.2) is 30.5 Å². The Kier molecular flexibility index (Phi) is 4.54. The molecule has 0 fully saturated rings. The predicted molar refractivity (Wildman–Crippen MR) is 74.0 cm³/mol. The van der Waals surface area contributed by atoms with E-state index in [0.29, 0.717) is 5.82 Å². The number of nitrogens with one attached hydrogen (secondary N) is 3. The Balaban J connectivity index is 2.08. The standard InChI is InChI=1S/C13H13F3N4O2/c1-8-2-3-10(22-7-13(14,15)16)9(6-8)18-12(21)19-11-4-5-17-20-11/h2-6H,7H2,1H3,(H3,17,18,19,20,21). The van der Waals surface area contributed by atoms with Crippen LogP contribution in [0.3, 0.4) is 0 Å². The lowest BCUT2D eigenvalue weighted by Gasteiger charge is -2.14. The molecular weight excluding hydrogens is 301 g/mol. The Hall–Kier alpha value is -2.71. The minimum absolute atomic E-state index is 0.0670. The molecule has 1 heterocycles. The molecule has 0 bridgehead atoms. The minimum atomic E-state index is -4.46. The Morgan fingerprint density at radius 3 is 2.73 bits per heavy atom. The quantitative estimate of drug-likeness (QED) is 0.810. The number of H-pyrrole nitrogens is 1. The number of ether oxygens (including phenoxy) is 1. The Morgan fingerprint density at radius 1 is 1.32 bits per heavy atom. The van der Waals surface area contributed by atoms with E-state index in [0.717, 1.165) is 5.56 Å². The lowest BCUT2D eigenvalue weighted by molar-refractivity contribution is -0.153. The number of hydrogen-bond acceptors (Lipinski definition) is 3. The molecule has 0 atom stereocenters. The van der Waals surface area contributed by atoms with Crippen molar-refractivity contribution >= 4 is 17.5 Å². The van der Waals surface area contributed by atoms with Gasteiger partial charge in [0, 0.05) is 6.07 Å². The number of carbonyl (C=O) groups excluding carboxylic acids is 1. The van der Waals surface area contributed by atoms with Gasteiger partial charge in [0.2, 0.25) is 0 Å². The zero-order valence-corrected chi connectivity index (χ0v) is 11.5. The molecule has 0 aliphatic heterocycles. The van der Waals surface area contributed by atoms with Crippen molar-refractivity contribution in [3.05, 3.63) is 36.0 Å². The number of rotatable bonds is 4. The fourth-order valence-electron chi connectivity index (χ4n) is 1.63. The molecule has 118 valence electrons. The van der Waals surface area contributed by atoms with Gasteiger partial charge in [0.05, 0.1) is 11.9 Å². The van der Waals surface area contributed by atoms with E-state index in [1.807, 2.05) is 0 Å². The molecule has 0 unspecified atom stereocenters. The van der Waals surface area contributed by atoms with Gasteiger partial charge in [-0.05, 0) is 24.6 Å². The molecule has 0 aliphatic carbocycles. The maximum Gasteiger partial charge on any atom is 0.422 e. The van der Waals surface area contributed by atoms with E-state index >= 15 is 0 Å². The van der Waals surface area contributed by atoms with Gasteiger partial charge in [0.25, 0.3) is 0 Å². The average molecular weight is 314 g/mol. The summed E-state index contributed by atoms with van der Waals surface area (Å²) in [7, 11) is 0. The van der Waals surface area contributed by atoms with Gasteiger partial charge in [-0.2, -0.15) is 18.3 Å². The van der Waals surface area contributed by atoms with E-state index < -0.39 is 18.8 Å². The molecular formula is C13H13F3N4O2. The largest absolute Gasteiger partial charge is 0.482 e. The van der Waals surface area contributed by atoms with Gasteiger partial charge in [-0.25, -0.2) is 4.79 Å². The summed E-state index contributed by atoms with van der Waals surface area (Å²) >= 11 is 0. The van der Waals surface area contributed by atoms with E-state index in [9.17, 15) is 18.0 Å². The number of urea groups is 1. The summed E-state index contributed by atoms with van der Waals surface area (Å²) in [6, 6.07) is 5.36. The minimum Gasteiger partial charge on any atom is -0.482 e. The van der Waals surface area contributed by atoms with Crippen LogP contribution in [0.1, 0.15) is 5.56 Å². The van der Waals surface area contributed by atoms with Gasteiger partial charge in [0.1, 0.15) is 11.6 Å². The van der Waals surface area contributed by atoms with Gasteiger partial charge in [0.15, 0.2) is 6.61 Å². The molecule has 0 saturated heterocycles. The highest BCUT2D eigenvalue weighted by molar-refractivity contribution is 6.00. The van der Waals surface area contributed by atoms with Crippen molar-refractivity contribution in [1.29, 1.82) is 0 Å². The SMILES string of the molecule is Cc1ccc(OCC(F)(F)F)c(NC(=O)Nc2ccn[nH]2)c1. The Morgan fingerprint density at radius 2 is 2.09 bits per heavy atom. The first-order valence-electron chi connectivity index (χ1n) is 6.21. The fourth-order valence-corrected chi connectivity index (χ4v) is 1.63. The lowest BCUT2D eigenvalue weighted by atomic mass is 10.2. The van der Waals surface area contributed by atoms with Crippen molar-refractivity contribution in [3.8, 4) is 5.75 Å². The first kappa shape index (κ1) is 15.7. The Labute approximate surface area is 123 Å². The molecule has 2 rings (SSSR count). The second-order valence-electron chi connectivity index (χ2n) is 4.45. The van der Waals surface area contributed by atoms with Gasteiger partial charge in [-0.3, -0.25) is 10.4 Å². The van der Waals surface area contributed by atoms with Gasteiger partial charge in [-0.1, -0.05) is 6.07 Å². The number of aromatic nitrogens is 2. The number of carbonyl (C=O) groups is 1. The smallest absolute Gasteiger partial charge is 0.422 e. The van der Waals surface area contributed by atoms with Crippen molar-refractivity contribution in [2.24, 2.45) is 0 Å². The highest BCUT2D eigenvalue weighted by Gasteiger charge is 2.29. The molecule has 0 radical (unpaired) electrons. The summed E-state index contributed by atoms with van der Waals surface area (Å²) in [6.45, 7) is 0.304. The molecule has 0 aliphatic rings. The summed E-state index contributed by atoms with van der Waals surface area (Å²) < 4.78 is 41.4. The van der Waals surface area contributed by atoms with Gasteiger partial charge < -0.3 is 10.1 Å². The van der Waals surface area contributed by atoms with Crippen molar-refractivity contribution in [1.82, 2.24) is 10.2 Å². The second-order valence-corrected chi connectivity index (χ2v) is 4.45. The topological polar surface area (TPSA) is 79.0 Å². The molecule has 0 spiro atoms. The second kappa shape index (κ2) is 6.37. The van der Waals surface area contributed by atoms with Gasteiger partial charge in [-0.15, -0.1) is 0 Å². The number of alkyl halides is 3. The zero-order chi connectivity index (χ0) is 16.2. The van der Waals surface area contributed by atoms with Crippen molar-refractivity contribution in [2.45, 2.75) is 13.1 Å². The molecule has 3 N–H and O–H groups in total. The number of benzene rings is 1. The van der Waals surface area contributed by atoms with Crippen molar-refractivity contribution in [2.75, 3.05) is 17.2 Å². The van der Waals surface area contributed by atoms with E-state index in [1.165, 1.54) is 24.4 Å². The van der Waals surface area contributed by atoms with Crippen LogP contribution in [0, 0.1) is 6.92 Å². The molecule has 2 amide bonds. The van der Waals surface area contributed by atoms with Crippen molar-refractivity contribution in [3.63, 3.8) is 0 Å². The first-order chi connectivity index (χ1) is 10.3. The van der Waals surface area contributed by atoms with Crippen LogP contribution in [-0.2, 0) is 0 Å². The van der Waals surface area contributed by atoms with E-state index in [-0.39, 0.29) is 11.4 Å². The fraction of sp³-hybridized carbons (Fsp3) is 0.231. The van der Waals surface area contributed by atoms with E-state index in [1.54, 1.807) is 13.0 Å². The number of amides is 2. The normalized spacial score (nSPS) is 11.1. The van der Waals surface area contributed by atoms with Crippen LogP contribution in [0.2, 0.25) is 0 Å². The maximum atomic E-state index is 12.2. The molecule has 1 aromatic heterocycles. The molecule has 2 aromatic rings. The Bertz CT molecular complexity index is 641. The monoisotopic (exact) mass is 314 g/mol. The highest BCUT2D eigenvalue weighted by Crippen LogP contribution is 2.27. The number of aromatic amines is 1. The number of halogens is 3. The molecule has 1 aromatic carbocycles. The number of hydrogen-bond donors (Lipinski definition) is 3. The number of aryl methyl sites for hydroxylation is 1. The van der Waals surface area contributed by atoms with Crippen LogP contribution < -0.4 is 15.4 Å². The van der Waals surface area contributed by atoms with Gasteiger partial charge >= 0.3 is 12.2 Å². The summed E-state index contributed by atoms with van der Waals surface area (Å²) in [5.74, 6) is 0.283. The molecule has 9 heteroatoms. The van der Waals surface area contributed by atoms with Crippen LogP contribution in [0.25, 0.3) is 0 Å². The average Bonchev–Trinajstić information content (AvgIpc) is 2.89. The van der Waals surface area contributed by atoms with E-state index in [4.69, 9.17) is 4.74 Å². The van der Waals surface area contributed by atoms with Crippen LogP contribution in [0.5, 0.6) is 5.75 Å². The maximum absolute atomic E-state index is 12.2. The predicted octanol–water partition coefficient (Wildman–Crippen LogP) is 3.30. The third-order valence-electron chi connectivity index (χ3n) is 2.52. The first-order valence-corrected chi connectivity index (χ1v) is 6.21. The summed E-state index contributed by atoms with van der Waals surface area (Å²) in [4.78, 5) is 11.8. The summed E-state index contributed by atoms with van der Waals surface area (Å²) in [5.41, 5.74) is 0.900. The van der Waals surface area contributed by atoms with Crippen LogP contribution in [0.4, 0.5) is 29.5 Å². The number of nitrogens with zero attached hydrogens (tertiary/aromatic N) is 1. The summed E-state index contributed by atoms with van der Waals surface area (Å²) in [5, 5.41) is 11.1. The number of anilines is 2. The van der Waals surface area contributed by atoms with E-state index in [2.05, 4.69) is 20.8 Å². The van der Waals surface area contributed by atoms with Crippen molar-refractivity contribution < 1.29 is 22.7 Å². The van der Waals surface area contributed by atoms with Crippen LogP contribution >= 0.6 is 0 Å². The highest BCUT2D eigenvalue weighted by atomic mass is 19.4. The third-order valence-corrected chi connectivity index (χ3v) is 2.52. The molecule has 6 nitrogen and oxygen atoms in total. The molecule has 22 heavy (non-hydrogen) atoms. The van der Waals surface area contributed by atoms with Crippen LogP contribution in [-0.4, -0.2) is 29.0 Å². The summed E-state index contributed by atoms with van der Waals surface area (Å²) in [6.07, 6.45) is -3.01. The lowest BCUT2D eigenvalue weighted by Crippen LogP contribution is -2.22. The zero-order valence-electron chi connectivity index (χ0n) is 11.5. The molecule has 0 saturated carbocycles.